The van der Waals surface area contributed by atoms with E-state index in [4.69, 9.17) is 9.47 Å². The van der Waals surface area contributed by atoms with E-state index in [1.54, 1.807) is 13.2 Å². The van der Waals surface area contributed by atoms with Crippen LogP contribution in [0.5, 0.6) is 11.6 Å². The summed E-state index contributed by atoms with van der Waals surface area (Å²) in [6.45, 7) is 0. The van der Waals surface area contributed by atoms with Gasteiger partial charge in [0, 0.05) is 5.39 Å². The van der Waals surface area contributed by atoms with E-state index in [2.05, 4.69) is 4.98 Å². The van der Waals surface area contributed by atoms with Crippen LogP contribution in [-0.4, -0.2) is 30.3 Å². The van der Waals surface area contributed by atoms with Crippen molar-refractivity contribution in [3.8, 4) is 11.6 Å². The number of ether oxygens (including phenoxy) is 2. The maximum atomic E-state index is 11.3. The quantitative estimate of drug-likeness (QED) is 0.935. The molecule has 5 heteroatoms. The van der Waals surface area contributed by atoms with E-state index in [0.29, 0.717) is 22.6 Å². The van der Waals surface area contributed by atoms with Gasteiger partial charge in [-0.2, -0.15) is 0 Å². The minimum atomic E-state index is -1.06. The van der Waals surface area contributed by atoms with Gasteiger partial charge >= 0.3 is 5.97 Å². The summed E-state index contributed by atoms with van der Waals surface area (Å²) in [7, 11) is 3.01. The number of aromatic nitrogens is 1. The molecular formula is C16H17NO4. The first-order valence-electron chi connectivity index (χ1n) is 6.94. The number of carboxylic acid groups (broad SMARTS) is 1. The molecule has 1 N–H and O–H groups in total. The predicted octanol–water partition coefficient (Wildman–Crippen LogP) is 3.22. The molecule has 3 rings (SSSR count). The van der Waals surface area contributed by atoms with E-state index in [0.717, 1.165) is 0 Å². The topological polar surface area (TPSA) is 68.7 Å². The molecule has 1 heterocycles. The Hall–Kier alpha value is -2.30. The lowest BCUT2D eigenvalue weighted by Gasteiger charge is -2.26. The predicted molar refractivity (Wildman–Crippen MR) is 78.4 cm³/mol. The number of nitrogens with zero attached hydrogens (tertiary/aromatic N) is 1. The van der Waals surface area contributed by atoms with Gasteiger partial charge in [0.25, 0.3) is 0 Å². The second kappa shape index (κ2) is 5.24. The number of benzene rings is 1. The molecule has 1 aliphatic rings. The zero-order chi connectivity index (χ0) is 15.0. The monoisotopic (exact) mass is 287 g/mol. The Morgan fingerprint density at radius 3 is 2.52 bits per heavy atom. The molecular weight excluding hydrogens is 270 g/mol. The van der Waals surface area contributed by atoms with Crippen molar-refractivity contribution < 1.29 is 19.4 Å². The van der Waals surface area contributed by atoms with Gasteiger partial charge in [0.15, 0.2) is 0 Å². The van der Waals surface area contributed by atoms with Gasteiger partial charge in [0.1, 0.15) is 11.3 Å². The van der Waals surface area contributed by atoms with Crippen molar-refractivity contribution in [2.24, 2.45) is 0 Å². The van der Waals surface area contributed by atoms with Crippen molar-refractivity contribution in [3.05, 3.63) is 29.3 Å². The van der Waals surface area contributed by atoms with Crippen LogP contribution in [0.15, 0.2) is 18.2 Å². The van der Waals surface area contributed by atoms with Crippen molar-refractivity contribution in [1.82, 2.24) is 4.98 Å². The van der Waals surface area contributed by atoms with Crippen molar-refractivity contribution in [1.29, 1.82) is 0 Å². The summed E-state index contributed by atoms with van der Waals surface area (Å²) < 4.78 is 10.5. The number of fused-ring (bicyclic) bond motifs is 1. The molecule has 2 aromatic rings. The Labute approximate surface area is 122 Å². The third-order valence-corrected chi connectivity index (χ3v) is 4.10. The van der Waals surface area contributed by atoms with Crippen LogP contribution >= 0.6 is 0 Å². The summed E-state index contributed by atoms with van der Waals surface area (Å²) in [5.74, 6) is 0.275. The Morgan fingerprint density at radius 2 is 2.00 bits per heavy atom. The lowest BCUT2D eigenvalue weighted by Crippen LogP contribution is -2.09. The molecule has 110 valence electrons. The largest absolute Gasteiger partial charge is 0.496 e. The van der Waals surface area contributed by atoms with Crippen LogP contribution in [-0.2, 0) is 0 Å². The molecule has 1 aliphatic carbocycles. The SMILES string of the molecule is COc1nc2cc(C3CCC3)cc(OC)c2cc1C(=O)O. The molecule has 0 unspecified atom stereocenters. The molecule has 1 fully saturated rings. The number of methoxy groups -OCH3 is 2. The van der Waals surface area contributed by atoms with E-state index in [1.165, 1.54) is 31.9 Å². The van der Waals surface area contributed by atoms with Crippen molar-refractivity contribution in [2.45, 2.75) is 25.2 Å². The molecule has 1 saturated carbocycles. The number of hydrogen-bond donors (Lipinski definition) is 1. The normalized spacial score (nSPS) is 14.8. The van der Waals surface area contributed by atoms with Crippen LogP contribution in [0.3, 0.4) is 0 Å². The van der Waals surface area contributed by atoms with Crippen molar-refractivity contribution >= 4 is 16.9 Å². The summed E-state index contributed by atoms with van der Waals surface area (Å²) in [5, 5.41) is 9.94. The number of hydrogen-bond acceptors (Lipinski definition) is 4. The van der Waals surface area contributed by atoms with Gasteiger partial charge in [-0.05, 0) is 42.5 Å². The third kappa shape index (κ3) is 2.28. The standard InChI is InChI=1S/C16H17NO4/c1-20-14-7-10(9-4-3-5-9)6-13-11(14)8-12(16(18)19)15(17-13)21-2/h6-9H,3-5H2,1-2H3,(H,18,19). The maximum absolute atomic E-state index is 11.3. The van der Waals surface area contributed by atoms with Crippen LogP contribution in [0.2, 0.25) is 0 Å². The van der Waals surface area contributed by atoms with Gasteiger partial charge in [-0.15, -0.1) is 0 Å². The van der Waals surface area contributed by atoms with Crippen molar-refractivity contribution in [3.63, 3.8) is 0 Å². The second-order valence-electron chi connectivity index (χ2n) is 5.27. The molecule has 1 aromatic heterocycles. The number of carboxylic acids is 1. The zero-order valence-electron chi connectivity index (χ0n) is 12.0. The molecule has 0 aliphatic heterocycles. The number of carbonyl (C=O) groups is 1. The van der Waals surface area contributed by atoms with E-state index < -0.39 is 5.97 Å². The fourth-order valence-electron chi connectivity index (χ4n) is 2.70. The van der Waals surface area contributed by atoms with Crippen LogP contribution in [0, 0.1) is 0 Å². The molecule has 0 spiro atoms. The zero-order valence-corrected chi connectivity index (χ0v) is 12.0. The lowest BCUT2D eigenvalue weighted by molar-refractivity contribution is 0.0692. The minimum absolute atomic E-state index is 0.0414. The average molecular weight is 287 g/mol. The van der Waals surface area contributed by atoms with Crippen LogP contribution in [0.25, 0.3) is 10.9 Å². The molecule has 0 amide bonds. The van der Waals surface area contributed by atoms with Gasteiger partial charge < -0.3 is 14.6 Å². The summed E-state index contributed by atoms with van der Waals surface area (Å²) in [6, 6.07) is 5.56. The summed E-state index contributed by atoms with van der Waals surface area (Å²) in [4.78, 5) is 15.6. The molecule has 0 atom stereocenters. The third-order valence-electron chi connectivity index (χ3n) is 4.10. The highest BCUT2D eigenvalue weighted by Gasteiger charge is 2.22. The minimum Gasteiger partial charge on any atom is -0.496 e. The van der Waals surface area contributed by atoms with Crippen molar-refractivity contribution in [2.75, 3.05) is 14.2 Å². The van der Waals surface area contributed by atoms with Crippen LogP contribution in [0.1, 0.15) is 41.1 Å². The first kappa shape index (κ1) is 13.7. The highest BCUT2D eigenvalue weighted by Crippen LogP contribution is 2.40. The van der Waals surface area contributed by atoms with Gasteiger partial charge in [-0.3, -0.25) is 0 Å². The Morgan fingerprint density at radius 1 is 1.24 bits per heavy atom. The number of pyridine rings is 1. The Balaban J connectivity index is 2.23. The summed E-state index contributed by atoms with van der Waals surface area (Å²) >= 11 is 0. The first-order valence-corrected chi connectivity index (χ1v) is 6.94. The summed E-state index contributed by atoms with van der Waals surface area (Å²) in [5.41, 5.74) is 1.95. The van der Waals surface area contributed by atoms with Crippen LogP contribution < -0.4 is 9.47 Å². The summed E-state index contributed by atoms with van der Waals surface area (Å²) in [6.07, 6.45) is 3.61. The van der Waals surface area contributed by atoms with E-state index >= 15 is 0 Å². The Bertz CT molecular complexity index is 707. The van der Waals surface area contributed by atoms with E-state index in [1.807, 2.05) is 12.1 Å². The molecule has 0 bridgehead atoms. The van der Waals surface area contributed by atoms with E-state index in [-0.39, 0.29) is 11.4 Å². The van der Waals surface area contributed by atoms with Crippen LogP contribution in [0.4, 0.5) is 0 Å². The lowest BCUT2D eigenvalue weighted by atomic mass is 9.79. The van der Waals surface area contributed by atoms with Gasteiger partial charge in [-0.25, -0.2) is 9.78 Å². The van der Waals surface area contributed by atoms with Gasteiger partial charge in [0.2, 0.25) is 5.88 Å². The fraction of sp³-hybridized carbons (Fsp3) is 0.375. The fourth-order valence-corrected chi connectivity index (χ4v) is 2.70. The molecule has 1 aromatic carbocycles. The average Bonchev–Trinajstić information content (AvgIpc) is 2.42. The highest BCUT2D eigenvalue weighted by atomic mass is 16.5. The van der Waals surface area contributed by atoms with E-state index in [9.17, 15) is 9.90 Å². The molecule has 0 saturated heterocycles. The Kier molecular flexibility index (Phi) is 3.41. The number of rotatable bonds is 4. The maximum Gasteiger partial charge on any atom is 0.341 e. The number of aromatic carboxylic acids is 1. The van der Waals surface area contributed by atoms with Gasteiger partial charge in [-0.1, -0.05) is 6.42 Å². The first-order chi connectivity index (χ1) is 10.1. The van der Waals surface area contributed by atoms with Gasteiger partial charge in [0.05, 0.1) is 19.7 Å². The molecule has 21 heavy (non-hydrogen) atoms. The molecule has 5 nitrogen and oxygen atoms in total. The smallest absolute Gasteiger partial charge is 0.341 e. The highest BCUT2D eigenvalue weighted by molar-refractivity contribution is 5.97. The molecule has 0 radical (unpaired) electrons. The second-order valence-corrected chi connectivity index (χ2v) is 5.27.